The predicted octanol–water partition coefficient (Wildman–Crippen LogP) is 1.86. The fourth-order valence-corrected chi connectivity index (χ4v) is 4.30. The van der Waals surface area contributed by atoms with Crippen LogP contribution < -0.4 is 0 Å². The van der Waals surface area contributed by atoms with Crippen LogP contribution in [0.4, 0.5) is 0 Å². The SMILES string of the molecule is O=C(O)COC1CCN(S(=O)(=O)c2ccc(Cl)cc2Cl)C1. The molecule has 0 bridgehead atoms. The molecule has 0 amide bonds. The number of rotatable bonds is 5. The first-order valence-corrected chi connectivity index (χ1v) is 8.29. The van der Waals surface area contributed by atoms with Gasteiger partial charge in [-0.25, -0.2) is 13.2 Å². The Morgan fingerprint density at radius 3 is 2.76 bits per heavy atom. The third-order valence-corrected chi connectivity index (χ3v) is 5.65. The van der Waals surface area contributed by atoms with Crippen LogP contribution in [-0.4, -0.2) is 49.6 Å². The molecule has 1 unspecified atom stereocenters. The zero-order chi connectivity index (χ0) is 15.6. The number of aliphatic carboxylic acids is 1. The second-order valence-electron chi connectivity index (χ2n) is 4.55. The number of carboxylic acids is 1. The lowest BCUT2D eigenvalue weighted by atomic mass is 10.3. The van der Waals surface area contributed by atoms with Gasteiger partial charge in [0, 0.05) is 18.1 Å². The van der Waals surface area contributed by atoms with E-state index in [2.05, 4.69) is 0 Å². The van der Waals surface area contributed by atoms with Gasteiger partial charge in [0.25, 0.3) is 0 Å². The Balaban J connectivity index is 2.12. The number of carboxylic acid groups (broad SMARTS) is 1. The number of sulfonamides is 1. The standard InChI is InChI=1S/C12H13Cl2NO5S/c13-8-1-2-11(10(14)5-8)21(18,19)15-4-3-9(6-15)20-7-12(16)17/h1-2,5,9H,3-4,6-7H2,(H,16,17). The van der Waals surface area contributed by atoms with Crippen molar-refractivity contribution in [3.63, 3.8) is 0 Å². The summed E-state index contributed by atoms with van der Waals surface area (Å²) in [5.41, 5.74) is 0. The minimum absolute atomic E-state index is 0.0209. The average molecular weight is 354 g/mol. The first-order valence-electron chi connectivity index (χ1n) is 6.09. The first kappa shape index (κ1) is 16.5. The number of hydrogen-bond donors (Lipinski definition) is 1. The number of ether oxygens (including phenoxy) is 1. The molecule has 0 spiro atoms. The number of benzene rings is 1. The molecule has 1 heterocycles. The topological polar surface area (TPSA) is 83.9 Å². The van der Waals surface area contributed by atoms with E-state index in [0.717, 1.165) is 0 Å². The maximum Gasteiger partial charge on any atom is 0.329 e. The first-order chi connectivity index (χ1) is 9.80. The van der Waals surface area contributed by atoms with Gasteiger partial charge in [-0.3, -0.25) is 0 Å². The highest BCUT2D eigenvalue weighted by atomic mass is 35.5. The van der Waals surface area contributed by atoms with E-state index in [-0.39, 0.29) is 23.0 Å². The van der Waals surface area contributed by atoms with Crippen LogP contribution in [0.5, 0.6) is 0 Å². The minimum Gasteiger partial charge on any atom is -0.480 e. The van der Waals surface area contributed by atoms with Crippen LogP contribution in [0.1, 0.15) is 6.42 Å². The van der Waals surface area contributed by atoms with E-state index < -0.39 is 28.7 Å². The smallest absolute Gasteiger partial charge is 0.329 e. The van der Waals surface area contributed by atoms with Gasteiger partial charge in [0.05, 0.1) is 11.1 Å². The second kappa shape index (κ2) is 6.50. The summed E-state index contributed by atoms with van der Waals surface area (Å²) >= 11 is 11.7. The van der Waals surface area contributed by atoms with Crippen molar-refractivity contribution >= 4 is 39.2 Å². The summed E-state index contributed by atoms with van der Waals surface area (Å²) in [6.45, 7) is -0.0829. The largest absolute Gasteiger partial charge is 0.480 e. The van der Waals surface area contributed by atoms with Crippen molar-refractivity contribution in [1.29, 1.82) is 0 Å². The highest BCUT2D eigenvalue weighted by Crippen LogP contribution is 2.29. The molecular weight excluding hydrogens is 341 g/mol. The van der Waals surface area contributed by atoms with Gasteiger partial charge >= 0.3 is 5.97 Å². The molecule has 1 aliphatic heterocycles. The fraction of sp³-hybridized carbons (Fsp3) is 0.417. The highest BCUT2D eigenvalue weighted by molar-refractivity contribution is 7.89. The minimum atomic E-state index is -3.74. The molecule has 0 aliphatic carbocycles. The van der Waals surface area contributed by atoms with Crippen LogP contribution in [0.15, 0.2) is 23.1 Å². The van der Waals surface area contributed by atoms with Crippen molar-refractivity contribution < 1.29 is 23.1 Å². The number of nitrogens with zero attached hydrogens (tertiary/aromatic N) is 1. The van der Waals surface area contributed by atoms with E-state index in [9.17, 15) is 13.2 Å². The van der Waals surface area contributed by atoms with Crippen LogP contribution in [0, 0.1) is 0 Å². The van der Waals surface area contributed by atoms with Crippen molar-refractivity contribution in [2.45, 2.75) is 17.4 Å². The maximum absolute atomic E-state index is 12.5. The summed E-state index contributed by atoms with van der Waals surface area (Å²) in [5, 5.41) is 8.96. The average Bonchev–Trinajstić information content (AvgIpc) is 2.85. The molecule has 6 nitrogen and oxygen atoms in total. The summed E-state index contributed by atoms with van der Waals surface area (Å²) in [5.74, 6) is -1.09. The van der Waals surface area contributed by atoms with E-state index in [4.69, 9.17) is 33.0 Å². The molecule has 0 saturated carbocycles. The van der Waals surface area contributed by atoms with Gasteiger partial charge in [0.2, 0.25) is 10.0 Å². The monoisotopic (exact) mass is 353 g/mol. The summed E-state index contributed by atoms with van der Waals surface area (Å²) in [7, 11) is -3.74. The molecule has 1 aliphatic rings. The molecule has 1 atom stereocenters. The van der Waals surface area contributed by atoms with Gasteiger partial charge in [-0.2, -0.15) is 4.31 Å². The van der Waals surface area contributed by atoms with Crippen LogP contribution in [0.3, 0.4) is 0 Å². The van der Waals surface area contributed by atoms with E-state index in [1.807, 2.05) is 0 Å². The lowest BCUT2D eigenvalue weighted by Crippen LogP contribution is -2.31. The quantitative estimate of drug-likeness (QED) is 0.873. The molecule has 9 heteroatoms. The van der Waals surface area contributed by atoms with E-state index in [1.54, 1.807) is 0 Å². The fourth-order valence-electron chi connectivity index (χ4n) is 2.06. The van der Waals surface area contributed by atoms with Crippen molar-refractivity contribution in [3.8, 4) is 0 Å². The van der Waals surface area contributed by atoms with Gasteiger partial charge in [-0.15, -0.1) is 0 Å². The summed E-state index contributed by atoms with van der Waals surface area (Å²) < 4.78 is 31.3. The molecule has 1 aromatic carbocycles. The Bertz CT molecular complexity index is 649. The van der Waals surface area contributed by atoms with E-state index in [0.29, 0.717) is 11.4 Å². The van der Waals surface area contributed by atoms with Crippen LogP contribution >= 0.6 is 23.2 Å². The highest BCUT2D eigenvalue weighted by Gasteiger charge is 2.34. The van der Waals surface area contributed by atoms with Crippen LogP contribution in [-0.2, 0) is 19.6 Å². The Hall–Kier alpha value is -0.860. The molecule has 0 radical (unpaired) electrons. The van der Waals surface area contributed by atoms with Gasteiger partial charge in [-0.1, -0.05) is 23.2 Å². The third-order valence-electron chi connectivity index (χ3n) is 3.06. The van der Waals surface area contributed by atoms with Crippen molar-refractivity contribution in [3.05, 3.63) is 28.2 Å². The number of halogens is 2. The predicted molar refractivity (Wildman–Crippen MR) is 77.2 cm³/mol. The van der Waals surface area contributed by atoms with E-state index >= 15 is 0 Å². The zero-order valence-electron chi connectivity index (χ0n) is 10.8. The lowest BCUT2D eigenvalue weighted by Gasteiger charge is -2.17. The lowest BCUT2D eigenvalue weighted by molar-refractivity contribution is -0.144. The summed E-state index contributed by atoms with van der Waals surface area (Å²) in [6, 6.07) is 4.17. The third kappa shape index (κ3) is 3.87. The maximum atomic E-state index is 12.5. The van der Waals surface area contributed by atoms with Crippen molar-refractivity contribution in [2.75, 3.05) is 19.7 Å². The normalized spacial score (nSPS) is 19.8. The molecule has 1 saturated heterocycles. The summed E-state index contributed by atoms with van der Waals surface area (Å²) in [4.78, 5) is 10.4. The second-order valence-corrected chi connectivity index (χ2v) is 7.30. The Kier molecular flexibility index (Phi) is 5.11. The molecule has 116 valence electrons. The molecule has 1 fully saturated rings. The molecule has 21 heavy (non-hydrogen) atoms. The van der Waals surface area contributed by atoms with Gasteiger partial charge in [0.1, 0.15) is 11.5 Å². The Morgan fingerprint density at radius 2 is 2.14 bits per heavy atom. The van der Waals surface area contributed by atoms with Crippen LogP contribution in [0.2, 0.25) is 10.0 Å². The summed E-state index contributed by atoms with van der Waals surface area (Å²) in [6.07, 6.45) is 0.0134. The van der Waals surface area contributed by atoms with Gasteiger partial charge in [-0.05, 0) is 24.6 Å². The molecule has 0 aromatic heterocycles. The molecule has 1 N–H and O–H groups in total. The van der Waals surface area contributed by atoms with Crippen molar-refractivity contribution in [1.82, 2.24) is 4.31 Å². The van der Waals surface area contributed by atoms with Crippen LogP contribution in [0.25, 0.3) is 0 Å². The number of carbonyl (C=O) groups is 1. The Morgan fingerprint density at radius 1 is 1.43 bits per heavy atom. The van der Waals surface area contributed by atoms with Crippen molar-refractivity contribution in [2.24, 2.45) is 0 Å². The molecule has 1 aromatic rings. The zero-order valence-corrected chi connectivity index (χ0v) is 13.2. The van der Waals surface area contributed by atoms with E-state index in [1.165, 1.54) is 22.5 Å². The van der Waals surface area contributed by atoms with Gasteiger partial charge in [0.15, 0.2) is 0 Å². The van der Waals surface area contributed by atoms with Gasteiger partial charge < -0.3 is 9.84 Å². The number of hydrogen-bond acceptors (Lipinski definition) is 4. The molecule has 2 rings (SSSR count). The molecular formula is C12H13Cl2NO5S. The Labute approximate surface area is 132 Å².